The molecule has 5 heteroatoms. The van der Waals surface area contributed by atoms with Crippen molar-refractivity contribution in [3.63, 3.8) is 0 Å². The van der Waals surface area contributed by atoms with Crippen molar-refractivity contribution in [1.82, 2.24) is 10.6 Å². The largest absolute Gasteiger partial charge is 0.368 e. The molecule has 1 unspecified atom stereocenters. The lowest BCUT2D eigenvalue weighted by Crippen LogP contribution is -2.45. The molecule has 2 atom stereocenters. The average molecular weight is 189 g/mol. The Morgan fingerprint density at radius 3 is 3.17 bits per heavy atom. The predicted octanol–water partition coefficient (Wildman–Crippen LogP) is -0.888. The third-order valence-electron chi connectivity index (χ3n) is 1.89. The van der Waals surface area contributed by atoms with Crippen molar-refractivity contribution in [2.45, 2.75) is 19.0 Å². The van der Waals surface area contributed by atoms with Gasteiger partial charge < -0.3 is 16.4 Å². The van der Waals surface area contributed by atoms with E-state index in [1.54, 1.807) is 6.92 Å². The lowest BCUT2D eigenvalue weighted by atomic mass is 10.3. The average Bonchev–Trinajstić information content (AvgIpc) is 2.51. The minimum absolute atomic E-state index is 0.225. The van der Waals surface area contributed by atoms with Crippen molar-refractivity contribution in [3.8, 4) is 0 Å². The Hall–Kier alpha value is -0.260. The standard InChI is InChI=1S/C7H15N3OS/c1-5(7(8)11)9-2-6-3-12-4-10-6/h5-6,9-10H,2-4H2,1H3,(H2,8,11)/t5?,6-/m1/s1. The second kappa shape index (κ2) is 4.69. The molecule has 0 saturated carbocycles. The summed E-state index contributed by atoms with van der Waals surface area (Å²) in [6.07, 6.45) is 0. The van der Waals surface area contributed by atoms with Gasteiger partial charge in [0.2, 0.25) is 5.91 Å². The summed E-state index contributed by atoms with van der Waals surface area (Å²) in [7, 11) is 0. The van der Waals surface area contributed by atoms with E-state index in [0.29, 0.717) is 6.04 Å². The summed E-state index contributed by atoms with van der Waals surface area (Å²) in [5.74, 6) is 1.83. The first-order valence-electron chi connectivity index (χ1n) is 4.04. The van der Waals surface area contributed by atoms with E-state index >= 15 is 0 Å². The summed E-state index contributed by atoms with van der Waals surface area (Å²) in [6.45, 7) is 2.60. The maximum Gasteiger partial charge on any atom is 0.234 e. The van der Waals surface area contributed by atoms with Gasteiger partial charge in [-0.2, -0.15) is 0 Å². The molecule has 0 aromatic heterocycles. The summed E-state index contributed by atoms with van der Waals surface area (Å²) >= 11 is 1.87. The molecule has 1 aliphatic heterocycles. The fraction of sp³-hybridized carbons (Fsp3) is 0.857. The van der Waals surface area contributed by atoms with Crippen molar-refractivity contribution < 1.29 is 4.79 Å². The molecule has 0 bridgehead atoms. The molecule has 1 fully saturated rings. The van der Waals surface area contributed by atoms with Crippen molar-refractivity contribution in [2.24, 2.45) is 5.73 Å². The van der Waals surface area contributed by atoms with Crippen molar-refractivity contribution in [2.75, 3.05) is 18.2 Å². The monoisotopic (exact) mass is 189 g/mol. The van der Waals surface area contributed by atoms with Crippen LogP contribution in [0.1, 0.15) is 6.92 Å². The van der Waals surface area contributed by atoms with Crippen LogP contribution in [-0.4, -0.2) is 36.2 Å². The zero-order valence-electron chi connectivity index (χ0n) is 7.17. The van der Waals surface area contributed by atoms with Crippen molar-refractivity contribution in [3.05, 3.63) is 0 Å². The number of thioether (sulfide) groups is 1. The molecule has 4 N–H and O–H groups in total. The van der Waals surface area contributed by atoms with Gasteiger partial charge in [0.05, 0.1) is 6.04 Å². The van der Waals surface area contributed by atoms with E-state index in [-0.39, 0.29) is 11.9 Å². The third-order valence-corrected chi connectivity index (χ3v) is 2.90. The molecule has 12 heavy (non-hydrogen) atoms. The zero-order valence-corrected chi connectivity index (χ0v) is 7.99. The van der Waals surface area contributed by atoms with Gasteiger partial charge in [-0.05, 0) is 6.92 Å². The maximum atomic E-state index is 10.6. The number of hydrogen-bond acceptors (Lipinski definition) is 4. The first-order valence-corrected chi connectivity index (χ1v) is 5.19. The van der Waals surface area contributed by atoms with Gasteiger partial charge in [0.1, 0.15) is 0 Å². The SMILES string of the molecule is CC(NC[C@@H]1CSCN1)C(N)=O. The minimum Gasteiger partial charge on any atom is -0.368 e. The number of carbonyl (C=O) groups excluding carboxylic acids is 1. The van der Waals surface area contributed by atoms with Crippen LogP contribution in [-0.2, 0) is 4.79 Å². The van der Waals surface area contributed by atoms with Gasteiger partial charge in [0, 0.05) is 24.2 Å². The molecule has 0 aromatic rings. The highest BCUT2D eigenvalue weighted by atomic mass is 32.2. The van der Waals surface area contributed by atoms with Gasteiger partial charge in [-0.3, -0.25) is 4.79 Å². The van der Waals surface area contributed by atoms with Crippen LogP contribution in [0.2, 0.25) is 0 Å². The minimum atomic E-state index is -0.291. The van der Waals surface area contributed by atoms with Crippen LogP contribution in [0.4, 0.5) is 0 Å². The molecule has 0 radical (unpaired) electrons. The fourth-order valence-electron chi connectivity index (χ4n) is 0.988. The van der Waals surface area contributed by atoms with Gasteiger partial charge in [-0.25, -0.2) is 0 Å². The summed E-state index contributed by atoms with van der Waals surface area (Å²) < 4.78 is 0. The molecule has 1 heterocycles. The van der Waals surface area contributed by atoms with Gasteiger partial charge in [-0.1, -0.05) is 0 Å². The van der Waals surface area contributed by atoms with Gasteiger partial charge in [0.15, 0.2) is 0 Å². The molecule has 0 aromatic carbocycles. The highest BCUT2D eigenvalue weighted by molar-refractivity contribution is 7.99. The van der Waals surface area contributed by atoms with Crippen LogP contribution in [0.3, 0.4) is 0 Å². The van der Waals surface area contributed by atoms with Crippen LogP contribution < -0.4 is 16.4 Å². The van der Waals surface area contributed by atoms with Gasteiger partial charge in [0.25, 0.3) is 0 Å². The van der Waals surface area contributed by atoms with Crippen molar-refractivity contribution >= 4 is 17.7 Å². The molecular formula is C7H15N3OS. The lowest BCUT2D eigenvalue weighted by Gasteiger charge is -2.13. The Morgan fingerprint density at radius 1 is 1.92 bits per heavy atom. The van der Waals surface area contributed by atoms with E-state index in [2.05, 4.69) is 10.6 Å². The van der Waals surface area contributed by atoms with Gasteiger partial charge >= 0.3 is 0 Å². The van der Waals surface area contributed by atoms with E-state index in [4.69, 9.17) is 5.73 Å². The van der Waals surface area contributed by atoms with E-state index < -0.39 is 0 Å². The number of hydrogen-bond donors (Lipinski definition) is 3. The third kappa shape index (κ3) is 3.00. The summed E-state index contributed by atoms with van der Waals surface area (Å²) in [5, 5.41) is 6.37. The second-order valence-electron chi connectivity index (χ2n) is 2.95. The highest BCUT2D eigenvalue weighted by Gasteiger charge is 2.16. The Bertz CT molecular complexity index is 159. The Morgan fingerprint density at radius 2 is 2.67 bits per heavy atom. The van der Waals surface area contributed by atoms with Crippen LogP contribution >= 0.6 is 11.8 Å². The number of amides is 1. The predicted molar refractivity (Wildman–Crippen MR) is 50.9 cm³/mol. The summed E-state index contributed by atoms with van der Waals surface area (Å²) in [5.41, 5.74) is 5.09. The van der Waals surface area contributed by atoms with E-state index in [9.17, 15) is 4.79 Å². The van der Waals surface area contributed by atoms with Crippen molar-refractivity contribution in [1.29, 1.82) is 0 Å². The number of primary amides is 1. The molecule has 1 amide bonds. The summed E-state index contributed by atoms with van der Waals surface area (Å²) in [4.78, 5) is 10.6. The smallest absolute Gasteiger partial charge is 0.234 e. The molecule has 1 saturated heterocycles. The quantitative estimate of drug-likeness (QED) is 0.537. The molecule has 0 spiro atoms. The first kappa shape index (κ1) is 9.83. The Balaban J connectivity index is 2.11. The number of rotatable bonds is 4. The van der Waals surface area contributed by atoms with Crippen LogP contribution in [0.5, 0.6) is 0 Å². The van der Waals surface area contributed by atoms with Crippen LogP contribution in [0.25, 0.3) is 0 Å². The van der Waals surface area contributed by atoms with Gasteiger partial charge in [-0.15, -0.1) is 11.8 Å². The lowest BCUT2D eigenvalue weighted by molar-refractivity contribution is -0.119. The van der Waals surface area contributed by atoms with E-state index in [1.165, 1.54) is 0 Å². The number of nitrogens with two attached hydrogens (primary N) is 1. The van der Waals surface area contributed by atoms with Crippen LogP contribution in [0, 0.1) is 0 Å². The summed E-state index contributed by atoms with van der Waals surface area (Å²) in [6, 6.07) is 0.259. The molecule has 70 valence electrons. The molecular weight excluding hydrogens is 174 g/mol. The molecule has 1 rings (SSSR count). The van der Waals surface area contributed by atoms with E-state index in [0.717, 1.165) is 18.2 Å². The normalized spacial score (nSPS) is 25.6. The van der Waals surface area contributed by atoms with E-state index in [1.807, 2.05) is 11.8 Å². The van der Waals surface area contributed by atoms with Crippen LogP contribution in [0.15, 0.2) is 0 Å². The number of nitrogens with one attached hydrogen (secondary N) is 2. The zero-order chi connectivity index (χ0) is 8.97. The second-order valence-corrected chi connectivity index (χ2v) is 3.98. The number of carbonyl (C=O) groups is 1. The molecule has 1 aliphatic rings. The fourth-order valence-corrected chi connectivity index (χ4v) is 1.98. The highest BCUT2D eigenvalue weighted by Crippen LogP contribution is 2.08. The first-order chi connectivity index (χ1) is 5.70. The Labute approximate surface area is 76.6 Å². The molecule has 4 nitrogen and oxygen atoms in total. The molecule has 0 aliphatic carbocycles. The maximum absolute atomic E-state index is 10.6. The topological polar surface area (TPSA) is 67.2 Å². The Kier molecular flexibility index (Phi) is 3.84.